The topological polar surface area (TPSA) is 69.6 Å². The summed E-state index contributed by atoms with van der Waals surface area (Å²) in [5.74, 6) is 2.09. The third-order valence-corrected chi connectivity index (χ3v) is 5.46. The molecular formula is C24H35IN4O3. The molecule has 1 saturated heterocycles. The summed E-state index contributed by atoms with van der Waals surface area (Å²) in [4.78, 5) is 9.45. The summed E-state index contributed by atoms with van der Waals surface area (Å²) in [6.07, 6.45) is -0.715. The fraction of sp³-hybridized carbons (Fsp3) is 0.458. The smallest absolute Gasteiger partial charge is 0.194 e. The molecular weight excluding hydrogens is 519 g/mol. The van der Waals surface area contributed by atoms with Gasteiger partial charge in [0.25, 0.3) is 0 Å². The number of nitrogens with one attached hydrogen (secondary N) is 1. The number of rotatable bonds is 8. The van der Waals surface area contributed by atoms with E-state index in [1.54, 1.807) is 26.4 Å². The summed E-state index contributed by atoms with van der Waals surface area (Å²) in [6.45, 7) is 7.88. The predicted octanol–water partition coefficient (Wildman–Crippen LogP) is 3.14. The number of aliphatic hydroxyl groups excluding tert-OH is 1. The van der Waals surface area contributed by atoms with E-state index in [9.17, 15) is 5.11 Å². The third kappa shape index (κ3) is 7.25. The molecule has 0 bridgehead atoms. The lowest BCUT2D eigenvalue weighted by atomic mass is 10.1. The lowest BCUT2D eigenvalue weighted by molar-refractivity contribution is 0.169. The van der Waals surface area contributed by atoms with Gasteiger partial charge in [0, 0.05) is 39.3 Å². The van der Waals surface area contributed by atoms with E-state index in [0.717, 1.165) is 50.8 Å². The van der Waals surface area contributed by atoms with Crippen LogP contribution in [0.15, 0.2) is 53.5 Å². The Hall–Kier alpha value is -2.04. The number of guanidine groups is 1. The van der Waals surface area contributed by atoms with E-state index in [2.05, 4.69) is 52.4 Å². The van der Waals surface area contributed by atoms with Gasteiger partial charge in [-0.05, 0) is 30.2 Å². The van der Waals surface area contributed by atoms with Crippen LogP contribution in [-0.2, 0) is 6.54 Å². The maximum absolute atomic E-state index is 10.7. The van der Waals surface area contributed by atoms with Crippen LogP contribution in [0.2, 0.25) is 0 Å². The molecule has 1 aliphatic rings. The first-order valence-corrected chi connectivity index (χ1v) is 10.8. The van der Waals surface area contributed by atoms with Crippen molar-refractivity contribution >= 4 is 29.9 Å². The quantitative estimate of drug-likeness (QED) is 0.297. The number of aliphatic imine (C=N–C) groups is 1. The number of halogens is 1. The Morgan fingerprint density at radius 3 is 2.34 bits per heavy atom. The minimum absolute atomic E-state index is 0. The Bertz CT molecular complexity index is 842. The zero-order valence-electron chi connectivity index (χ0n) is 19.2. The van der Waals surface area contributed by atoms with Crippen molar-refractivity contribution in [3.8, 4) is 11.5 Å². The molecule has 0 aromatic heterocycles. The van der Waals surface area contributed by atoms with Crippen LogP contribution in [0.3, 0.4) is 0 Å². The van der Waals surface area contributed by atoms with Crippen molar-refractivity contribution in [2.75, 3.05) is 53.5 Å². The number of hydrogen-bond donors (Lipinski definition) is 2. The summed E-state index contributed by atoms with van der Waals surface area (Å²) in [7, 11) is 3.19. The Kier molecular flexibility index (Phi) is 11.1. The van der Waals surface area contributed by atoms with Gasteiger partial charge in [-0.25, -0.2) is 0 Å². The van der Waals surface area contributed by atoms with Gasteiger partial charge in [0.15, 0.2) is 17.5 Å². The molecule has 3 rings (SSSR count). The van der Waals surface area contributed by atoms with Crippen LogP contribution in [0.25, 0.3) is 0 Å². The van der Waals surface area contributed by atoms with Crippen molar-refractivity contribution in [1.82, 2.24) is 15.1 Å². The zero-order valence-corrected chi connectivity index (χ0v) is 21.5. The molecule has 2 aromatic rings. The highest BCUT2D eigenvalue weighted by Gasteiger charge is 2.20. The first-order valence-electron chi connectivity index (χ1n) is 10.8. The van der Waals surface area contributed by atoms with Gasteiger partial charge in [-0.2, -0.15) is 0 Å². The van der Waals surface area contributed by atoms with Crippen molar-refractivity contribution in [3.63, 3.8) is 0 Å². The van der Waals surface area contributed by atoms with Gasteiger partial charge in [0.05, 0.1) is 26.9 Å². The first kappa shape index (κ1) is 26.2. The largest absolute Gasteiger partial charge is 0.493 e. The van der Waals surface area contributed by atoms with Gasteiger partial charge in [0.2, 0.25) is 0 Å². The van der Waals surface area contributed by atoms with Crippen LogP contribution in [-0.4, -0.2) is 74.4 Å². The first-order chi connectivity index (χ1) is 15.1. The average molecular weight is 554 g/mol. The molecule has 8 heteroatoms. The second-order valence-corrected chi connectivity index (χ2v) is 7.57. The highest BCUT2D eigenvalue weighted by molar-refractivity contribution is 14.0. The molecule has 32 heavy (non-hydrogen) atoms. The lowest BCUT2D eigenvalue weighted by Crippen LogP contribution is -2.52. The molecule has 7 nitrogen and oxygen atoms in total. The number of methoxy groups -OCH3 is 2. The number of piperazine rings is 1. The Labute approximate surface area is 208 Å². The fourth-order valence-corrected chi connectivity index (χ4v) is 3.72. The molecule has 0 aliphatic carbocycles. The molecule has 1 heterocycles. The van der Waals surface area contributed by atoms with Gasteiger partial charge in [-0.15, -0.1) is 24.0 Å². The van der Waals surface area contributed by atoms with Crippen LogP contribution in [0.4, 0.5) is 0 Å². The average Bonchev–Trinajstić information content (AvgIpc) is 2.82. The number of aliphatic hydroxyl groups is 1. The normalized spacial score (nSPS) is 15.6. The lowest BCUT2D eigenvalue weighted by Gasteiger charge is -2.36. The van der Waals surface area contributed by atoms with Crippen molar-refractivity contribution in [3.05, 3.63) is 59.7 Å². The van der Waals surface area contributed by atoms with Crippen LogP contribution in [0, 0.1) is 0 Å². The molecule has 0 spiro atoms. The van der Waals surface area contributed by atoms with E-state index in [-0.39, 0.29) is 30.5 Å². The molecule has 0 saturated carbocycles. The molecule has 0 amide bonds. The molecule has 1 atom stereocenters. The summed E-state index contributed by atoms with van der Waals surface area (Å²) in [5, 5.41) is 14.0. The minimum atomic E-state index is -0.715. The number of nitrogens with zero attached hydrogens (tertiary/aromatic N) is 3. The molecule has 1 aliphatic heterocycles. The van der Waals surface area contributed by atoms with Crippen molar-refractivity contribution in [2.24, 2.45) is 4.99 Å². The van der Waals surface area contributed by atoms with Gasteiger partial charge in [0.1, 0.15) is 0 Å². The van der Waals surface area contributed by atoms with E-state index in [0.29, 0.717) is 11.5 Å². The van der Waals surface area contributed by atoms with Crippen LogP contribution in [0.1, 0.15) is 24.2 Å². The standard InChI is InChI=1S/C24H34N4O3.HI/c1-4-25-24(26-17-21(29)20-10-11-22(30-2)23(16-20)31-3)28-14-12-27(13-15-28)18-19-8-6-5-7-9-19;/h5-11,16,21,29H,4,12-15,17-18H2,1-3H3,(H,25,26);1H. The maximum atomic E-state index is 10.7. The summed E-state index contributed by atoms with van der Waals surface area (Å²) >= 11 is 0. The van der Waals surface area contributed by atoms with Crippen LogP contribution < -0.4 is 14.8 Å². The molecule has 1 fully saturated rings. The highest BCUT2D eigenvalue weighted by atomic mass is 127. The minimum Gasteiger partial charge on any atom is -0.493 e. The summed E-state index contributed by atoms with van der Waals surface area (Å²) < 4.78 is 10.6. The van der Waals surface area contributed by atoms with Crippen molar-refractivity contribution in [1.29, 1.82) is 0 Å². The molecule has 1 unspecified atom stereocenters. The molecule has 2 N–H and O–H groups in total. The zero-order chi connectivity index (χ0) is 22.1. The predicted molar refractivity (Wildman–Crippen MR) is 139 cm³/mol. The van der Waals surface area contributed by atoms with Crippen LogP contribution in [0.5, 0.6) is 11.5 Å². The number of hydrogen-bond acceptors (Lipinski definition) is 5. The highest BCUT2D eigenvalue weighted by Crippen LogP contribution is 2.30. The Balaban J connectivity index is 0.00000363. The molecule has 176 valence electrons. The monoisotopic (exact) mass is 554 g/mol. The van der Waals surface area contributed by atoms with Crippen molar-refractivity contribution < 1.29 is 14.6 Å². The van der Waals surface area contributed by atoms with E-state index in [4.69, 9.17) is 14.5 Å². The van der Waals surface area contributed by atoms with Crippen molar-refractivity contribution in [2.45, 2.75) is 19.6 Å². The van der Waals surface area contributed by atoms with Gasteiger partial charge in [-0.3, -0.25) is 9.89 Å². The second kappa shape index (κ2) is 13.5. The second-order valence-electron chi connectivity index (χ2n) is 7.57. The van der Waals surface area contributed by atoms with E-state index in [1.165, 1.54) is 5.56 Å². The van der Waals surface area contributed by atoms with Crippen LogP contribution >= 0.6 is 24.0 Å². The SMILES string of the molecule is CCNC(=NCC(O)c1ccc(OC)c(OC)c1)N1CCN(Cc2ccccc2)CC1.I. The summed E-state index contributed by atoms with van der Waals surface area (Å²) in [6, 6.07) is 16.0. The van der Waals surface area contributed by atoms with Gasteiger partial charge in [-0.1, -0.05) is 36.4 Å². The van der Waals surface area contributed by atoms with Gasteiger partial charge < -0.3 is 24.8 Å². The molecule has 2 aromatic carbocycles. The Morgan fingerprint density at radius 1 is 1.03 bits per heavy atom. The van der Waals surface area contributed by atoms with E-state index < -0.39 is 6.10 Å². The summed E-state index contributed by atoms with van der Waals surface area (Å²) in [5.41, 5.74) is 2.10. The van der Waals surface area contributed by atoms with E-state index >= 15 is 0 Å². The van der Waals surface area contributed by atoms with E-state index in [1.807, 2.05) is 6.07 Å². The fourth-order valence-electron chi connectivity index (χ4n) is 3.72. The maximum Gasteiger partial charge on any atom is 0.194 e. The Morgan fingerprint density at radius 2 is 1.72 bits per heavy atom. The molecule has 0 radical (unpaired) electrons. The number of ether oxygens (including phenoxy) is 2. The number of benzene rings is 2. The third-order valence-electron chi connectivity index (χ3n) is 5.46. The van der Waals surface area contributed by atoms with Gasteiger partial charge >= 0.3 is 0 Å².